The molecule has 0 spiro atoms. The van der Waals surface area contributed by atoms with E-state index in [9.17, 15) is 13.2 Å². The molecular weight excluding hydrogens is 330 g/mol. The molecule has 0 aliphatic carbocycles. The topological polar surface area (TPSA) is 83.5 Å². The summed E-state index contributed by atoms with van der Waals surface area (Å²) in [7, 11) is -3.70. The Balaban J connectivity index is 2.21. The first-order valence-electron chi connectivity index (χ1n) is 6.23. The number of carboxylic acid groups (broad SMARTS) is 1. The molecule has 2 aromatic heterocycles. The summed E-state index contributed by atoms with van der Waals surface area (Å²) in [6.45, 7) is 3.84. The van der Waals surface area contributed by atoms with Gasteiger partial charge in [0.2, 0.25) is 10.0 Å². The Bertz CT molecular complexity index is 758. The molecule has 0 radical (unpaired) electrons. The highest BCUT2D eigenvalue weighted by Crippen LogP contribution is 2.26. The first kappa shape index (κ1) is 16.2. The van der Waals surface area contributed by atoms with Crippen LogP contribution in [-0.4, -0.2) is 19.5 Å². The molecule has 8 heteroatoms. The summed E-state index contributed by atoms with van der Waals surface area (Å²) in [4.78, 5) is 12.4. The molecule has 0 aliphatic rings. The van der Waals surface area contributed by atoms with E-state index in [1.807, 2.05) is 18.4 Å². The van der Waals surface area contributed by atoms with Crippen LogP contribution in [0.3, 0.4) is 0 Å². The van der Waals surface area contributed by atoms with E-state index in [1.54, 1.807) is 6.92 Å². The van der Waals surface area contributed by atoms with Crippen molar-refractivity contribution >= 4 is 38.7 Å². The summed E-state index contributed by atoms with van der Waals surface area (Å²) in [6.07, 6.45) is 0.848. The Morgan fingerprint density at radius 3 is 2.71 bits per heavy atom. The van der Waals surface area contributed by atoms with Gasteiger partial charge in [-0.25, -0.2) is 17.9 Å². The maximum absolute atomic E-state index is 12.3. The minimum absolute atomic E-state index is 0.0262. The normalized spacial score (nSPS) is 11.7. The molecule has 2 heterocycles. The molecule has 2 N–H and O–H groups in total. The van der Waals surface area contributed by atoms with Gasteiger partial charge in [-0.3, -0.25) is 0 Å². The second-order valence-corrected chi connectivity index (χ2v) is 8.38. The SMILES string of the molecule is CCc1ccsc1CNS(=O)(=O)c1cc(C(=O)O)sc1C. The predicted octanol–water partition coefficient (Wildman–Crippen LogP) is 2.86. The van der Waals surface area contributed by atoms with Gasteiger partial charge in [-0.2, -0.15) is 0 Å². The van der Waals surface area contributed by atoms with Crippen LogP contribution in [0.25, 0.3) is 0 Å². The molecule has 0 saturated carbocycles. The predicted molar refractivity (Wildman–Crippen MR) is 83.7 cm³/mol. The van der Waals surface area contributed by atoms with Crippen molar-refractivity contribution in [3.05, 3.63) is 37.7 Å². The van der Waals surface area contributed by atoms with Crippen LogP contribution in [0.2, 0.25) is 0 Å². The maximum atomic E-state index is 12.3. The van der Waals surface area contributed by atoms with Gasteiger partial charge in [-0.05, 0) is 36.4 Å². The van der Waals surface area contributed by atoms with Crippen LogP contribution < -0.4 is 4.72 Å². The zero-order valence-electron chi connectivity index (χ0n) is 11.5. The molecular formula is C13H15NO4S3. The fourth-order valence-electron chi connectivity index (χ4n) is 1.91. The van der Waals surface area contributed by atoms with E-state index in [0.29, 0.717) is 4.88 Å². The fraction of sp³-hybridized carbons (Fsp3) is 0.308. The van der Waals surface area contributed by atoms with Crippen molar-refractivity contribution < 1.29 is 18.3 Å². The number of aromatic carboxylic acids is 1. The third kappa shape index (κ3) is 3.52. The molecule has 0 amide bonds. The Morgan fingerprint density at radius 1 is 1.43 bits per heavy atom. The first-order valence-corrected chi connectivity index (χ1v) is 9.41. The highest BCUT2D eigenvalue weighted by molar-refractivity contribution is 7.89. The Morgan fingerprint density at radius 2 is 2.14 bits per heavy atom. The van der Waals surface area contributed by atoms with Gasteiger partial charge in [0.25, 0.3) is 0 Å². The van der Waals surface area contributed by atoms with Crippen LogP contribution >= 0.6 is 22.7 Å². The van der Waals surface area contributed by atoms with Gasteiger partial charge in [0.1, 0.15) is 4.88 Å². The number of hydrogen-bond acceptors (Lipinski definition) is 5. The lowest BCUT2D eigenvalue weighted by Crippen LogP contribution is -2.23. The number of nitrogens with one attached hydrogen (secondary N) is 1. The van der Waals surface area contributed by atoms with Crippen molar-refractivity contribution in [2.24, 2.45) is 0 Å². The molecule has 0 saturated heterocycles. The number of sulfonamides is 1. The van der Waals surface area contributed by atoms with Gasteiger partial charge < -0.3 is 5.11 Å². The van der Waals surface area contributed by atoms with E-state index in [-0.39, 0.29) is 16.3 Å². The number of hydrogen-bond donors (Lipinski definition) is 2. The second-order valence-electron chi connectivity index (χ2n) is 4.38. The van der Waals surface area contributed by atoms with E-state index in [0.717, 1.165) is 28.2 Å². The third-order valence-electron chi connectivity index (χ3n) is 3.01. The third-order valence-corrected chi connectivity index (χ3v) is 6.67. The van der Waals surface area contributed by atoms with Crippen LogP contribution in [0.5, 0.6) is 0 Å². The van der Waals surface area contributed by atoms with Crippen molar-refractivity contribution in [2.75, 3.05) is 0 Å². The lowest BCUT2D eigenvalue weighted by molar-refractivity contribution is 0.0702. The van der Waals surface area contributed by atoms with E-state index < -0.39 is 16.0 Å². The molecule has 0 atom stereocenters. The minimum atomic E-state index is -3.70. The van der Waals surface area contributed by atoms with Crippen molar-refractivity contribution in [3.63, 3.8) is 0 Å². The van der Waals surface area contributed by atoms with E-state index >= 15 is 0 Å². The van der Waals surface area contributed by atoms with Crippen molar-refractivity contribution in [1.29, 1.82) is 0 Å². The summed E-state index contributed by atoms with van der Waals surface area (Å²) in [6, 6.07) is 3.19. The van der Waals surface area contributed by atoms with Crippen LogP contribution in [-0.2, 0) is 23.0 Å². The lowest BCUT2D eigenvalue weighted by atomic mass is 10.2. The van der Waals surface area contributed by atoms with Gasteiger partial charge in [-0.1, -0.05) is 6.92 Å². The zero-order chi connectivity index (χ0) is 15.6. The fourth-order valence-corrected chi connectivity index (χ4v) is 5.34. The maximum Gasteiger partial charge on any atom is 0.345 e. The molecule has 2 rings (SSSR count). The molecule has 0 fully saturated rings. The highest BCUT2D eigenvalue weighted by Gasteiger charge is 2.22. The van der Waals surface area contributed by atoms with Crippen molar-refractivity contribution in [2.45, 2.75) is 31.7 Å². The molecule has 0 unspecified atom stereocenters. The molecule has 0 aliphatic heterocycles. The van der Waals surface area contributed by atoms with Crippen molar-refractivity contribution in [3.8, 4) is 0 Å². The van der Waals surface area contributed by atoms with Gasteiger partial charge in [0, 0.05) is 16.3 Å². The van der Waals surface area contributed by atoms with E-state index in [4.69, 9.17) is 5.11 Å². The van der Waals surface area contributed by atoms with Gasteiger partial charge in [0.15, 0.2) is 0 Å². The van der Waals surface area contributed by atoms with Crippen LogP contribution in [0.1, 0.15) is 31.9 Å². The zero-order valence-corrected chi connectivity index (χ0v) is 14.0. The van der Waals surface area contributed by atoms with Crippen LogP contribution in [0.4, 0.5) is 0 Å². The Hall–Kier alpha value is -1.22. The number of aryl methyl sites for hydroxylation is 2. The first-order chi connectivity index (χ1) is 9.85. The average molecular weight is 345 g/mol. The minimum Gasteiger partial charge on any atom is -0.477 e. The van der Waals surface area contributed by atoms with Gasteiger partial charge >= 0.3 is 5.97 Å². The Kier molecular flexibility index (Phi) is 4.82. The summed E-state index contributed by atoms with van der Waals surface area (Å²) < 4.78 is 27.1. The molecule has 21 heavy (non-hydrogen) atoms. The number of carboxylic acids is 1. The van der Waals surface area contributed by atoms with Crippen LogP contribution in [0.15, 0.2) is 22.4 Å². The van der Waals surface area contributed by atoms with E-state index in [2.05, 4.69) is 4.72 Å². The largest absolute Gasteiger partial charge is 0.477 e. The van der Waals surface area contributed by atoms with Gasteiger partial charge in [-0.15, -0.1) is 22.7 Å². The summed E-state index contributed by atoms with van der Waals surface area (Å²) >= 11 is 2.47. The lowest BCUT2D eigenvalue weighted by Gasteiger charge is -2.06. The molecule has 0 aromatic carbocycles. The Labute approximate surface area is 131 Å². The molecule has 2 aromatic rings. The number of rotatable bonds is 6. The monoisotopic (exact) mass is 345 g/mol. The molecule has 0 bridgehead atoms. The smallest absolute Gasteiger partial charge is 0.345 e. The summed E-state index contributed by atoms with van der Waals surface area (Å²) in [5.74, 6) is -1.11. The number of carbonyl (C=O) groups is 1. The number of thiophene rings is 2. The second kappa shape index (κ2) is 6.27. The van der Waals surface area contributed by atoms with Crippen molar-refractivity contribution in [1.82, 2.24) is 4.72 Å². The summed E-state index contributed by atoms with van der Waals surface area (Å²) in [5.41, 5.74) is 1.12. The quantitative estimate of drug-likeness (QED) is 0.843. The molecule has 5 nitrogen and oxygen atoms in total. The average Bonchev–Trinajstić information content (AvgIpc) is 3.02. The standard InChI is InChI=1S/C13H15NO4S3/c1-3-9-4-5-19-11(9)7-14-21(17,18)12-6-10(13(15)16)20-8(12)2/h4-6,14H,3,7H2,1-2H3,(H,15,16). The van der Waals surface area contributed by atoms with Gasteiger partial charge in [0.05, 0.1) is 4.90 Å². The van der Waals surface area contributed by atoms with E-state index in [1.165, 1.54) is 17.4 Å². The van der Waals surface area contributed by atoms with Crippen LogP contribution in [0, 0.1) is 6.92 Å². The highest BCUT2D eigenvalue weighted by atomic mass is 32.2. The summed E-state index contributed by atoms with van der Waals surface area (Å²) in [5, 5.41) is 10.9. The molecule has 114 valence electrons.